The molecule has 2 aromatic carbocycles. The Labute approximate surface area is 95.9 Å². The smallest absolute Gasteiger partial charge is 0.0516 e. The first-order chi connectivity index (χ1) is 7.11. The van der Waals surface area contributed by atoms with Crippen molar-refractivity contribution >= 4 is 22.4 Å². The molecule has 0 saturated carbocycles. The topological polar surface area (TPSA) is 0 Å². The van der Waals surface area contributed by atoms with Gasteiger partial charge < -0.3 is 0 Å². The van der Waals surface area contributed by atoms with Crippen LogP contribution in [0.5, 0.6) is 0 Å². The normalized spacial score (nSPS) is 11.3. The van der Waals surface area contributed by atoms with Gasteiger partial charge in [0.25, 0.3) is 0 Å². The lowest BCUT2D eigenvalue weighted by Crippen LogP contribution is -1.91. The van der Waals surface area contributed by atoms with E-state index in [4.69, 9.17) is 11.6 Å². The monoisotopic (exact) mass is 218 g/mol. The maximum Gasteiger partial charge on any atom is 0.0516 e. The molecular weight excluding hydrogens is 204 g/mol. The van der Waals surface area contributed by atoms with E-state index in [2.05, 4.69) is 51.1 Å². The van der Waals surface area contributed by atoms with Gasteiger partial charge in [0.2, 0.25) is 0 Å². The molecule has 0 unspecified atom stereocenters. The molecule has 2 aromatic rings. The maximum absolute atomic E-state index is 6.38. The maximum atomic E-state index is 6.38. The van der Waals surface area contributed by atoms with Gasteiger partial charge in [0.1, 0.15) is 0 Å². The van der Waals surface area contributed by atoms with Crippen LogP contribution in [0.2, 0.25) is 5.02 Å². The third-order valence-corrected chi connectivity index (χ3v) is 3.32. The minimum absolute atomic E-state index is 0.507. The Kier molecular flexibility index (Phi) is 2.70. The third-order valence-electron chi connectivity index (χ3n) is 2.83. The van der Waals surface area contributed by atoms with Crippen molar-refractivity contribution in [3.63, 3.8) is 0 Å². The van der Waals surface area contributed by atoms with Crippen LogP contribution in [0.1, 0.15) is 30.9 Å². The molecule has 0 N–H and O–H groups in total. The largest absolute Gasteiger partial charge is 0.0834 e. The summed E-state index contributed by atoms with van der Waals surface area (Å²) in [7, 11) is 0. The van der Waals surface area contributed by atoms with Crippen molar-refractivity contribution < 1.29 is 0 Å². The first-order valence-corrected chi connectivity index (χ1v) is 5.67. The minimum atomic E-state index is 0.507. The summed E-state index contributed by atoms with van der Waals surface area (Å²) in [6.45, 7) is 6.46. The van der Waals surface area contributed by atoms with Crippen LogP contribution >= 0.6 is 11.6 Å². The number of hydrogen-bond donors (Lipinski definition) is 0. The molecule has 0 radical (unpaired) electrons. The van der Waals surface area contributed by atoms with Gasteiger partial charge >= 0.3 is 0 Å². The van der Waals surface area contributed by atoms with E-state index in [0.29, 0.717) is 5.92 Å². The molecule has 0 aromatic heterocycles. The van der Waals surface area contributed by atoms with Gasteiger partial charge in [0, 0.05) is 5.39 Å². The van der Waals surface area contributed by atoms with Crippen molar-refractivity contribution in [2.24, 2.45) is 0 Å². The highest BCUT2D eigenvalue weighted by Gasteiger charge is 2.09. The lowest BCUT2D eigenvalue weighted by atomic mass is 9.95. The molecule has 78 valence electrons. The van der Waals surface area contributed by atoms with Gasteiger partial charge in [0.15, 0.2) is 0 Å². The summed E-state index contributed by atoms with van der Waals surface area (Å²) in [6, 6.07) is 10.6. The summed E-state index contributed by atoms with van der Waals surface area (Å²) in [5.74, 6) is 0.507. The second-order valence-corrected chi connectivity index (χ2v) is 4.67. The average Bonchev–Trinajstić information content (AvgIpc) is 2.23. The molecule has 0 heterocycles. The number of hydrogen-bond acceptors (Lipinski definition) is 0. The van der Waals surface area contributed by atoms with Gasteiger partial charge in [0.05, 0.1) is 5.02 Å². The Balaban J connectivity index is 2.88. The summed E-state index contributed by atoms with van der Waals surface area (Å²) >= 11 is 6.38. The summed E-state index contributed by atoms with van der Waals surface area (Å²) in [4.78, 5) is 0. The van der Waals surface area contributed by atoms with E-state index in [9.17, 15) is 0 Å². The van der Waals surface area contributed by atoms with E-state index in [1.165, 1.54) is 16.3 Å². The number of aryl methyl sites for hydroxylation is 1. The number of halogens is 1. The fraction of sp³-hybridized carbons (Fsp3) is 0.286. The Hall–Kier alpha value is -1.01. The Morgan fingerprint density at radius 3 is 2.47 bits per heavy atom. The molecule has 0 aliphatic rings. The van der Waals surface area contributed by atoms with Crippen LogP contribution in [0.4, 0.5) is 0 Å². The Bertz CT molecular complexity index is 498. The predicted octanol–water partition coefficient (Wildman–Crippen LogP) is 4.93. The Morgan fingerprint density at radius 2 is 1.80 bits per heavy atom. The van der Waals surface area contributed by atoms with Crippen molar-refractivity contribution in [1.82, 2.24) is 0 Å². The van der Waals surface area contributed by atoms with Gasteiger partial charge in [-0.2, -0.15) is 0 Å². The molecule has 0 aliphatic carbocycles. The zero-order chi connectivity index (χ0) is 11.0. The first kappa shape index (κ1) is 10.5. The number of benzene rings is 2. The molecule has 15 heavy (non-hydrogen) atoms. The van der Waals surface area contributed by atoms with Gasteiger partial charge in [-0.1, -0.05) is 55.8 Å². The predicted molar refractivity (Wildman–Crippen MR) is 67.8 cm³/mol. The molecule has 1 heteroatoms. The minimum Gasteiger partial charge on any atom is -0.0834 e. The molecule has 0 aliphatic heterocycles. The van der Waals surface area contributed by atoms with Crippen LogP contribution < -0.4 is 0 Å². The quantitative estimate of drug-likeness (QED) is 0.637. The lowest BCUT2D eigenvalue weighted by molar-refractivity contribution is 0.876. The fourth-order valence-corrected chi connectivity index (χ4v) is 2.23. The molecule has 0 fully saturated rings. The van der Waals surface area contributed by atoms with Crippen LogP contribution in [0.15, 0.2) is 30.3 Å². The van der Waals surface area contributed by atoms with Crippen LogP contribution in [0.25, 0.3) is 10.8 Å². The van der Waals surface area contributed by atoms with Crippen molar-refractivity contribution in [3.05, 3.63) is 46.5 Å². The Morgan fingerprint density at radius 1 is 1.07 bits per heavy atom. The van der Waals surface area contributed by atoms with Crippen LogP contribution in [-0.4, -0.2) is 0 Å². The highest BCUT2D eigenvalue weighted by Crippen LogP contribution is 2.33. The first-order valence-electron chi connectivity index (χ1n) is 5.29. The zero-order valence-electron chi connectivity index (χ0n) is 9.34. The van der Waals surface area contributed by atoms with Crippen molar-refractivity contribution in [2.45, 2.75) is 26.7 Å². The second kappa shape index (κ2) is 3.86. The van der Waals surface area contributed by atoms with E-state index in [-0.39, 0.29) is 0 Å². The molecule has 2 rings (SSSR count). The zero-order valence-corrected chi connectivity index (χ0v) is 10.1. The molecule has 0 nitrogen and oxygen atoms in total. The summed E-state index contributed by atoms with van der Waals surface area (Å²) in [5, 5.41) is 3.35. The van der Waals surface area contributed by atoms with E-state index in [1.54, 1.807) is 0 Å². The van der Waals surface area contributed by atoms with E-state index in [1.807, 2.05) is 0 Å². The van der Waals surface area contributed by atoms with Crippen molar-refractivity contribution in [1.29, 1.82) is 0 Å². The SMILES string of the molecule is Cc1ccc2cccc(C(C)C)c2c1Cl. The molecule has 0 saturated heterocycles. The lowest BCUT2D eigenvalue weighted by Gasteiger charge is -2.12. The highest BCUT2D eigenvalue weighted by atomic mass is 35.5. The summed E-state index contributed by atoms with van der Waals surface area (Å²) in [6.07, 6.45) is 0. The fourth-order valence-electron chi connectivity index (χ4n) is 1.95. The van der Waals surface area contributed by atoms with Crippen LogP contribution in [0.3, 0.4) is 0 Å². The standard InChI is InChI=1S/C14H15Cl/c1-9(2)12-6-4-5-11-8-7-10(3)14(15)13(11)12/h4-9H,1-3H3. The van der Waals surface area contributed by atoms with E-state index in [0.717, 1.165) is 10.6 Å². The van der Waals surface area contributed by atoms with Gasteiger partial charge in [-0.05, 0) is 29.4 Å². The van der Waals surface area contributed by atoms with Crippen LogP contribution in [0, 0.1) is 6.92 Å². The molecule has 0 bridgehead atoms. The van der Waals surface area contributed by atoms with Crippen molar-refractivity contribution in [3.8, 4) is 0 Å². The number of fused-ring (bicyclic) bond motifs is 1. The highest BCUT2D eigenvalue weighted by molar-refractivity contribution is 6.36. The third kappa shape index (κ3) is 1.74. The van der Waals surface area contributed by atoms with E-state index >= 15 is 0 Å². The summed E-state index contributed by atoms with van der Waals surface area (Å²) in [5.41, 5.74) is 2.48. The van der Waals surface area contributed by atoms with Crippen LogP contribution in [-0.2, 0) is 0 Å². The van der Waals surface area contributed by atoms with Gasteiger partial charge in [-0.15, -0.1) is 0 Å². The average molecular weight is 219 g/mol. The second-order valence-electron chi connectivity index (χ2n) is 4.30. The van der Waals surface area contributed by atoms with Gasteiger partial charge in [-0.3, -0.25) is 0 Å². The molecule has 0 amide bonds. The molecule has 0 atom stereocenters. The molecular formula is C14H15Cl. The van der Waals surface area contributed by atoms with Crippen molar-refractivity contribution in [2.75, 3.05) is 0 Å². The number of rotatable bonds is 1. The molecule has 0 spiro atoms. The van der Waals surface area contributed by atoms with E-state index < -0.39 is 0 Å². The summed E-state index contributed by atoms with van der Waals surface area (Å²) < 4.78 is 0. The van der Waals surface area contributed by atoms with Gasteiger partial charge in [-0.25, -0.2) is 0 Å².